The zero-order chi connectivity index (χ0) is 18.3. The molecular formula is C19H28N6O. The first-order valence-electron chi connectivity index (χ1n) is 9.58. The average molecular weight is 356 g/mol. The van der Waals surface area contributed by atoms with Crippen molar-refractivity contribution in [1.82, 2.24) is 29.3 Å². The Bertz CT molecular complexity index is 775. The standard InChI is InChI=1S/C19H28N6O/c1-13(2)24-12-20-10-15(24)11-22-16-6-7-17(26)25(14-4-5-14)18(16)19-21-8-9-23(19)3/h8-10,12-14,16,18,22H,4-7,11H2,1-3H3/t16-,18-/m1/s1. The topological polar surface area (TPSA) is 68.0 Å². The number of imidazole rings is 2. The van der Waals surface area contributed by atoms with E-state index >= 15 is 0 Å². The Kier molecular flexibility index (Phi) is 4.56. The smallest absolute Gasteiger partial charge is 0.223 e. The fraction of sp³-hybridized carbons (Fsp3) is 0.632. The van der Waals surface area contributed by atoms with E-state index in [2.05, 4.69) is 38.6 Å². The number of carbonyl (C=O) groups excluding carboxylic acids is 1. The number of likely N-dealkylation sites (tertiary alicyclic amines) is 1. The molecule has 2 aromatic rings. The molecule has 3 heterocycles. The van der Waals surface area contributed by atoms with Crippen molar-refractivity contribution in [2.75, 3.05) is 0 Å². The molecule has 1 aliphatic carbocycles. The van der Waals surface area contributed by atoms with Gasteiger partial charge < -0.3 is 19.4 Å². The van der Waals surface area contributed by atoms with Gasteiger partial charge in [0, 0.05) is 56.7 Å². The summed E-state index contributed by atoms with van der Waals surface area (Å²) in [6.45, 7) is 5.07. The van der Waals surface area contributed by atoms with E-state index in [1.165, 1.54) is 5.69 Å². The molecule has 1 saturated carbocycles. The zero-order valence-corrected chi connectivity index (χ0v) is 15.8. The van der Waals surface area contributed by atoms with E-state index in [0.717, 1.165) is 31.6 Å². The van der Waals surface area contributed by atoms with Crippen LogP contribution in [0, 0.1) is 0 Å². The normalized spacial score (nSPS) is 23.8. The van der Waals surface area contributed by atoms with Gasteiger partial charge in [0.15, 0.2) is 0 Å². The molecule has 2 aromatic heterocycles. The van der Waals surface area contributed by atoms with Crippen molar-refractivity contribution >= 4 is 5.91 Å². The van der Waals surface area contributed by atoms with Crippen molar-refractivity contribution in [3.63, 3.8) is 0 Å². The summed E-state index contributed by atoms with van der Waals surface area (Å²) in [5.74, 6) is 1.24. The first-order valence-corrected chi connectivity index (χ1v) is 9.58. The van der Waals surface area contributed by atoms with Crippen LogP contribution in [-0.2, 0) is 18.4 Å². The highest BCUT2D eigenvalue weighted by molar-refractivity contribution is 5.78. The molecule has 7 heteroatoms. The lowest BCUT2D eigenvalue weighted by Gasteiger charge is -2.41. The summed E-state index contributed by atoms with van der Waals surface area (Å²) >= 11 is 0. The summed E-state index contributed by atoms with van der Waals surface area (Å²) in [7, 11) is 2.01. The maximum Gasteiger partial charge on any atom is 0.223 e. The van der Waals surface area contributed by atoms with Gasteiger partial charge in [0.25, 0.3) is 0 Å². The summed E-state index contributed by atoms with van der Waals surface area (Å²) in [6.07, 6.45) is 11.3. The fourth-order valence-corrected chi connectivity index (χ4v) is 4.05. The van der Waals surface area contributed by atoms with Crippen molar-refractivity contribution in [1.29, 1.82) is 0 Å². The molecule has 1 amide bonds. The Morgan fingerprint density at radius 1 is 1.31 bits per heavy atom. The van der Waals surface area contributed by atoms with Crippen molar-refractivity contribution in [2.24, 2.45) is 7.05 Å². The molecule has 2 fully saturated rings. The predicted octanol–water partition coefficient (Wildman–Crippen LogP) is 2.18. The van der Waals surface area contributed by atoms with Gasteiger partial charge in [-0.25, -0.2) is 9.97 Å². The fourth-order valence-electron chi connectivity index (χ4n) is 4.05. The van der Waals surface area contributed by atoms with Crippen LogP contribution in [0.4, 0.5) is 0 Å². The van der Waals surface area contributed by atoms with Gasteiger partial charge in [0.05, 0.1) is 12.0 Å². The maximum absolute atomic E-state index is 12.7. The minimum Gasteiger partial charge on any atom is -0.336 e. The molecule has 7 nitrogen and oxygen atoms in total. The van der Waals surface area contributed by atoms with Crippen molar-refractivity contribution in [3.8, 4) is 0 Å². The Morgan fingerprint density at radius 2 is 2.12 bits per heavy atom. The SMILES string of the molecule is CC(C)n1cncc1CN[C@@H]1CCC(=O)N(C2CC2)[C@H]1c1nccn1C. The molecule has 1 saturated heterocycles. The van der Waals surface area contributed by atoms with Crippen molar-refractivity contribution < 1.29 is 4.79 Å². The van der Waals surface area contributed by atoms with Crippen LogP contribution >= 0.6 is 0 Å². The monoisotopic (exact) mass is 356 g/mol. The van der Waals surface area contributed by atoms with Crippen LogP contribution in [0.25, 0.3) is 0 Å². The number of rotatable bonds is 6. The minimum absolute atomic E-state index is 0.000767. The number of aryl methyl sites for hydroxylation is 1. The highest BCUT2D eigenvalue weighted by atomic mass is 16.2. The van der Waals surface area contributed by atoms with Gasteiger partial charge in [0.1, 0.15) is 11.9 Å². The van der Waals surface area contributed by atoms with Crippen LogP contribution in [0.1, 0.15) is 63.1 Å². The van der Waals surface area contributed by atoms with Gasteiger partial charge in [0.2, 0.25) is 5.91 Å². The largest absolute Gasteiger partial charge is 0.336 e. The number of carbonyl (C=O) groups is 1. The number of nitrogens with zero attached hydrogens (tertiary/aromatic N) is 5. The van der Waals surface area contributed by atoms with Gasteiger partial charge >= 0.3 is 0 Å². The van der Waals surface area contributed by atoms with Crippen molar-refractivity contribution in [2.45, 2.75) is 70.2 Å². The summed E-state index contributed by atoms with van der Waals surface area (Å²) in [5, 5.41) is 3.71. The summed E-state index contributed by atoms with van der Waals surface area (Å²) < 4.78 is 4.24. The maximum atomic E-state index is 12.7. The van der Waals surface area contributed by atoms with E-state index in [-0.39, 0.29) is 18.0 Å². The Hall–Kier alpha value is -2.15. The lowest BCUT2D eigenvalue weighted by molar-refractivity contribution is -0.139. The van der Waals surface area contributed by atoms with Gasteiger partial charge in [-0.2, -0.15) is 0 Å². The third-order valence-corrected chi connectivity index (χ3v) is 5.55. The molecule has 2 atom stereocenters. The summed E-state index contributed by atoms with van der Waals surface area (Å²) in [6, 6.07) is 0.967. The molecule has 140 valence electrons. The minimum atomic E-state index is -0.000767. The predicted molar refractivity (Wildman–Crippen MR) is 98.3 cm³/mol. The van der Waals surface area contributed by atoms with E-state index in [1.807, 2.05) is 36.5 Å². The van der Waals surface area contributed by atoms with E-state index in [9.17, 15) is 4.79 Å². The molecule has 0 aromatic carbocycles. The van der Waals surface area contributed by atoms with Crippen LogP contribution in [0.3, 0.4) is 0 Å². The zero-order valence-electron chi connectivity index (χ0n) is 15.8. The molecule has 0 spiro atoms. The van der Waals surface area contributed by atoms with Crippen molar-refractivity contribution in [3.05, 3.63) is 36.4 Å². The second kappa shape index (κ2) is 6.87. The molecule has 0 radical (unpaired) electrons. The van der Waals surface area contributed by atoms with Gasteiger partial charge in [-0.05, 0) is 33.1 Å². The van der Waals surface area contributed by atoms with Gasteiger partial charge in [-0.3, -0.25) is 4.79 Å². The highest BCUT2D eigenvalue weighted by Crippen LogP contribution is 2.40. The van der Waals surface area contributed by atoms with Crippen LogP contribution in [-0.4, -0.2) is 42.0 Å². The molecule has 26 heavy (non-hydrogen) atoms. The number of hydrogen-bond acceptors (Lipinski definition) is 4. The average Bonchev–Trinajstić information content (AvgIpc) is 3.17. The number of hydrogen-bond donors (Lipinski definition) is 1. The molecule has 0 unspecified atom stereocenters. The second-order valence-corrected chi connectivity index (χ2v) is 7.79. The summed E-state index contributed by atoms with van der Waals surface area (Å²) in [5.41, 5.74) is 1.17. The number of nitrogens with one attached hydrogen (secondary N) is 1. The first kappa shape index (κ1) is 17.3. The van der Waals surface area contributed by atoms with Crippen LogP contribution in [0.15, 0.2) is 24.9 Å². The third kappa shape index (κ3) is 3.16. The van der Waals surface area contributed by atoms with E-state index in [1.54, 1.807) is 0 Å². The molecule has 0 bridgehead atoms. The lowest BCUT2D eigenvalue weighted by Crippen LogP contribution is -2.52. The molecule has 1 N–H and O–H groups in total. The van der Waals surface area contributed by atoms with E-state index in [0.29, 0.717) is 18.5 Å². The number of piperidine rings is 1. The second-order valence-electron chi connectivity index (χ2n) is 7.79. The molecular weight excluding hydrogens is 328 g/mol. The Morgan fingerprint density at radius 3 is 2.77 bits per heavy atom. The quantitative estimate of drug-likeness (QED) is 0.861. The Balaban J connectivity index is 1.58. The number of aromatic nitrogens is 4. The van der Waals surface area contributed by atoms with E-state index < -0.39 is 0 Å². The van der Waals surface area contributed by atoms with E-state index in [4.69, 9.17) is 0 Å². The lowest BCUT2D eigenvalue weighted by atomic mass is 9.94. The third-order valence-electron chi connectivity index (χ3n) is 5.55. The molecule has 4 rings (SSSR count). The highest BCUT2D eigenvalue weighted by Gasteiger charge is 2.45. The van der Waals surface area contributed by atoms with Gasteiger partial charge in [-0.15, -0.1) is 0 Å². The van der Waals surface area contributed by atoms with Crippen LogP contribution in [0.2, 0.25) is 0 Å². The summed E-state index contributed by atoms with van der Waals surface area (Å²) in [4.78, 5) is 23.6. The first-order chi connectivity index (χ1) is 12.6. The molecule has 2 aliphatic rings. The number of amides is 1. The van der Waals surface area contributed by atoms with Gasteiger partial charge in [-0.1, -0.05) is 0 Å². The van der Waals surface area contributed by atoms with Crippen LogP contribution in [0.5, 0.6) is 0 Å². The Labute approximate surface area is 154 Å². The van der Waals surface area contributed by atoms with Crippen LogP contribution < -0.4 is 5.32 Å². The molecule has 1 aliphatic heterocycles.